The number of hydrogen-bond donors (Lipinski definition) is 1. The van der Waals surface area contributed by atoms with Crippen LogP contribution in [0.3, 0.4) is 0 Å². The molecule has 186 valence electrons. The van der Waals surface area contributed by atoms with Crippen LogP contribution in [0.15, 0.2) is 65.0 Å². The van der Waals surface area contributed by atoms with Gasteiger partial charge < -0.3 is 0 Å². The number of carbonyl (C=O) groups excluding carboxylic acids is 3. The van der Waals surface area contributed by atoms with Gasteiger partial charge in [-0.05, 0) is 68.7 Å². The predicted molar refractivity (Wildman–Crippen MR) is 140 cm³/mol. The number of anilines is 1. The summed E-state index contributed by atoms with van der Waals surface area (Å²) in [5, 5.41) is 2.76. The van der Waals surface area contributed by atoms with Crippen LogP contribution >= 0.6 is 0 Å². The number of urea groups is 1. The molecule has 0 unspecified atom stereocenters. The highest BCUT2D eigenvalue weighted by atomic mass is 16.2. The van der Waals surface area contributed by atoms with Gasteiger partial charge >= 0.3 is 6.03 Å². The maximum atomic E-state index is 13.5. The van der Waals surface area contributed by atoms with Gasteiger partial charge in [-0.1, -0.05) is 37.3 Å². The fraction of sp³-hybridized carbons (Fsp3) is 0.179. The van der Waals surface area contributed by atoms with Gasteiger partial charge in [0.15, 0.2) is 0 Å². The molecule has 0 atom stereocenters. The molecule has 9 nitrogen and oxygen atoms in total. The molecule has 4 amide bonds. The van der Waals surface area contributed by atoms with Crippen LogP contribution in [0.2, 0.25) is 0 Å². The third-order valence-electron chi connectivity index (χ3n) is 6.56. The van der Waals surface area contributed by atoms with E-state index in [1.54, 1.807) is 54.9 Å². The average molecular weight is 496 g/mol. The smallest absolute Gasteiger partial charge is 0.273 e. The Morgan fingerprint density at radius 3 is 2.38 bits per heavy atom. The molecule has 1 N–H and O–H groups in total. The second kappa shape index (κ2) is 9.02. The Morgan fingerprint density at radius 2 is 1.62 bits per heavy atom. The Bertz CT molecular complexity index is 1710. The number of rotatable bonds is 4. The molecule has 0 saturated carbocycles. The maximum Gasteiger partial charge on any atom is 0.335 e. The zero-order valence-electron chi connectivity index (χ0n) is 20.9. The fourth-order valence-corrected chi connectivity index (χ4v) is 4.76. The Labute approximate surface area is 212 Å². The van der Waals surface area contributed by atoms with Crippen molar-refractivity contribution in [3.63, 3.8) is 0 Å². The first-order valence-corrected chi connectivity index (χ1v) is 11.9. The zero-order chi connectivity index (χ0) is 26.4. The number of imide groups is 2. The third-order valence-corrected chi connectivity index (χ3v) is 6.56. The predicted octanol–water partition coefficient (Wildman–Crippen LogP) is 3.66. The van der Waals surface area contributed by atoms with E-state index in [0.29, 0.717) is 45.8 Å². The molecule has 1 aliphatic heterocycles. The van der Waals surface area contributed by atoms with Crippen molar-refractivity contribution in [1.82, 2.24) is 19.7 Å². The van der Waals surface area contributed by atoms with Crippen LogP contribution in [0.1, 0.15) is 35.3 Å². The number of amides is 4. The zero-order valence-corrected chi connectivity index (χ0v) is 20.9. The SMILES string of the molecule is CCc1ccccc1N1C(=O)NC(=O)C(=Cc2cc(C)n(-n3c(C)nc4ccccc4c3=O)c2C)C1=O. The second-order valence-electron chi connectivity index (χ2n) is 8.87. The first kappa shape index (κ1) is 23.9. The normalized spacial score (nSPS) is 15.1. The van der Waals surface area contributed by atoms with Crippen molar-refractivity contribution in [3.8, 4) is 0 Å². The van der Waals surface area contributed by atoms with Crippen molar-refractivity contribution in [2.75, 3.05) is 4.90 Å². The van der Waals surface area contributed by atoms with E-state index in [-0.39, 0.29) is 11.1 Å². The van der Waals surface area contributed by atoms with Crippen molar-refractivity contribution >= 4 is 40.5 Å². The van der Waals surface area contributed by atoms with Crippen LogP contribution in [-0.4, -0.2) is 32.2 Å². The van der Waals surface area contributed by atoms with Crippen LogP contribution < -0.4 is 15.8 Å². The molecule has 1 aliphatic rings. The van der Waals surface area contributed by atoms with Crippen molar-refractivity contribution < 1.29 is 14.4 Å². The quantitative estimate of drug-likeness (QED) is 0.344. The first-order chi connectivity index (χ1) is 17.7. The second-order valence-corrected chi connectivity index (χ2v) is 8.87. The van der Waals surface area contributed by atoms with Gasteiger partial charge in [-0.25, -0.2) is 14.7 Å². The van der Waals surface area contributed by atoms with Gasteiger partial charge in [0.05, 0.1) is 16.6 Å². The number of nitrogens with zero attached hydrogens (tertiary/aromatic N) is 4. The number of carbonyl (C=O) groups is 3. The summed E-state index contributed by atoms with van der Waals surface area (Å²) >= 11 is 0. The summed E-state index contributed by atoms with van der Waals surface area (Å²) in [6.07, 6.45) is 2.06. The minimum Gasteiger partial charge on any atom is -0.273 e. The Balaban J connectivity index is 1.63. The molecule has 0 radical (unpaired) electrons. The number of aryl methyl sites for hydroxylation is 3. The molecule has 3 heterocycles. The number of barbiturate groups is 1. The van der Waals surface area contributed by atoms with Gasteiger partial charge in [-0.2, -0.15) is 4.68 Å². The number of hydrogen-bond acceptors (Lipinski definition) is 5. The third kappa shape index (κ3) is 3.85. The summed E-state index contributed by atoms with van der Waals surface area (Å²) in [7, 11) is 0. The molecular formula is C28H25N5O4. The molecule has 1 fully saturated rings. The topological polar surface area (TPSA) is 106 Å². The van der Waals surface area contributed by atoms with Crippen LogP contribution in [0, 0.1) is 20.8 Å². The van der Waals surface area contributed by atoms with E-state index in [9.17, 15) is 19.2 Å². The van der Waals surface area contributed by atoms with Gasteiger partial charge in [0.1, 0.15) is 11.4 Å². The molecule has 37 heavy (non-hydrogen) atoms. The molecule has 0 aliphatic carbocycles. The Kier molecular flexibility index (Phi) is 5.83. The number of benzene rings is 2. The Hall–Kier alpha value is -4.79. The molecule has 0 bridgehead atoms. The van der Waals surface area contributed by atoms with E-state index in [1.165, 1.54) is 10.8 Å². The number of aromatic nitrogens is 3. The lowest BCUT2D eigenvalue weighted by Gasteiger charge is -2.28. The largest absolute Gasteiger partial charge is 0.335 e. The highest BCUT2D eigenvalue weighted by molar-refractivity contribution is 6.39. The van der Waals surface area contributed by atoms with Crippen LogP contribution in [-0.2, 0) is 16.0 Å². The van der Waals surface area contributed by atoms with Gasteiger partial charge in [-0.15, -0.1) is 0 Å². The van der Waals surface area contributed by atoms with E-state index in [2.05, 4.69) is 10.3 Å². The highest BCUT2D eigenvalue weighted by Gasteiger charge is 2.37. The minimum atomic E-state index is -0.789. The number of para-hydroxylation sites is 2. The van der Waals surface area contributed by atoms with Crippen LogP contribution in [0.4, 0.5) is 10.5 Å². The molecule has 2 aromatic heterocycles. The minimum absolute atomic E-state index is 0.175. The maximum absolute atomic E-state index is 13.5. The Morgan fingerprint density at radius 1 is 0.919 bits per heavy atom. The molecule has 0 spiro atoms. The van der Waals surface area contributed by atoms with Gasteiger partial charge in [-0.3, -0.25) is 24.4 Å². The van der Waals surface area contributed by atoms with Crippen molar-refractivity contribution in [2.45, 2.75) is 34.1 Å². The number of fused-ring (bicyclic) bond motifs is 1. The standard InChI is InChI=1S/C28H25N5O4/c1-5-19-10-6-9-13-24(19)31-26(35)22(25(34)30-28(31)37)15-20-14-16(2)32(17(20)3)33-18(4)29-23-12-8-7-11-21(23)27(33)36/h6-15H,5H2,1-4H3,(H,30,34,37). The summed E-state index contributed by atoms with van der Waals surface area (Å²) < 4.78 is 3.19. The summed E-state index contributed by atoms with van der Waals surface area (Å²) in [6.45, 7) is 7.29. The monoisotopic (exact) mass is 495 g/mol. The summed E-state index contributed by atoms with van der Waals surface area (Å²) in [6, 6.07) is 15.2. The molecule has 4 aromatic rings. The highest BCUT2D eigenvalue weighted by Crippen LogP contribution is 2.27. The average Bonchev–Trinajstić information content (AvgIpc) is 3.14. The summed E-state index contributed by atoms with van der Waals surface area (Å²) in [5.74, 6) is -0.991. The first-order valence-electron chi connectivity index (χ1n) is 11.9. The van der Waals surface area contributed by atoms with Crippen molar-refractivity contribution in [3.05, 3.63) is 98.9 Å². The van der Waals surface area contributed by atoms with E-state index >= 15 is 0 Å². The molecule has 9 heteroatoms. The fourth-order valence-electron chi connectivity index (χ4n) is 4.76. The molecule has 5 rings (SSSR count). The van der Waals surface area contributed by atoms with E-state index < -0.39 is 17.8 Å². The summed E-state index contributed by atoms with van der Waals surface area (Å²) in [4.78, 5) is 57.8. The number of nitrogens with one attached hydrogen (secondary N) is 1. The van der Waals surface area contributed by atoms with Gasteiger partial charge in [0, 0.05) is 11.4 Å². The molecule has 2 aromatic carbocycles. The van der Waals surface area contributed by atoms with Crippen molar-refractivity contribution in [1.29, 1.82) is 0 Å². The van der Waals surface area contributed by atoms with Crippen LogP contribution in [0.25, 0.3) is 17.0 Å². The molecule has 1 saturated heterocycles. The van der Waals surface area contributed by atoms with E-state index in [0.717, 1.165) is 10.5 Å². The van der Waals surface area contributed by atoms with Gasteiger partial charge in [0.2, 0.25) is 0 Å². The van der Waals surface area contributed by atoms with E-state index in [4.69, 9.17) is 0 Å². The van der Waals surface area contributed by atoms with Gasteiger partial charge in [0.25, 0.3) is 17.4 Å². The summed E-state index contributed by atoms with van der Waals surface area (Å²) in [5.41, 5.74) is 3.33. The van der Waals surface area contributed by atoms with Crippen LogP contribution in [0.5, 0.6) is 0 Å². The lowest BCUT2D eigenvalue weighted by atomic mass is 10.0. The molecular weight excluding hydrogens is 470 g/mol. The van der Waals surface area contributed by atoms with E-state index in [1.807, 2.05) is 32.0 Å². The lowest BCUT2D eigenvalue weighted by molar-refractivity contribution is -0.122. The van der Waals surface area contributed by atoms with Crippen molar-refractivity contribution in [2.24, 2.45) is 0 Å². The lowest BCUT2D eigenvalue weighted by Crippen LogP contribution is -2.54.